The Labute approximate surface area is 120 Å². The van der Waals surface area contributed by atoms with E-state index in [9.17, 15) is 0 Å². The first-order chi connectivity index (χ1) is 9.43. The molecule has 2 nitrogen and oxygen atoms in total. The maximum atomic E-state index is 4.40. The highest BCUT2D eigenvalue weighted by atomic mass is 32.1. The molecule has 3 rings (SSSR count). The Balaban J connectivity index is 1.92. The SMILES string of the molecule is C(Cc1ccccc1)=C(c1nccs1)c1nccs1. The van der Waals surface area contributed by atoms with Crippen molar-refractivity contribution in [1.29, 1.82) is 0 Å². The predicted molar refractivity (Wildman–Crippen MR) is 81.5 cm³/mol. The van der Waals surface area contributed by atoms with Gasteiger partial charge in [0.2, 0.25) is 0 Å². The summed E-state index contributed by atoms with van der Waals surface area (Å²) in [6.07, 6.45) is 6.79. The molecule has 2 aromatic heterocycles. The number of hydrogen-bond donors (Lipinski definition) is 0. The van der Waals surface area contributed by atoms with E-state index in [0.717, 1.165) is 22.0 Å². The monoisotopic (exact) mass is 284 g/mol. The van der Waals surface area contributed by atoms with Crippen molar-refractivity contribution in [2.75, 3.05) is 0 Å². The highest BCUT2D eigenvalue weighted by Crippen LogP contribution is 2.27. The van der Waals surface area contributed by atoms with Crippen LogP contribution in [-0.4, -0.2) is 9.97 Å². The molecule has 0 N–H and O–H groups in total. The van der Waals surface area contributed by atoms with Gasteiger partial charge >= 0.3 is 0 Å². The second-order valence-electron chi connectivity index (χ2n) is 3.98. The van der Waals surface area contributed by atoms with Gasteiger partial charge in [-0.05, 0) is 12.0 Å². The summed E-state index contributed by atoms with van der Waals surface area (Å²) in [6, 6.07) is 10.4. The van der Waals surface area contributed by atoms with Gasteiger partial charge in [0.1, 0.15) is 10.0 Å². The van der Waals surface area contributed by atoms with E-state index in [1.807, 2.05) is 29.2 Å². The molecule has 0 aliphatic heterocycles. The van der Waals surface area contributed by atoms with Crippen molar-refractivity contribution < 1.29 is 0 Å². The third kappa shape index (κ3) is 2.97. The second kappa shape index (κ2) is 5.91. The molecule has 0 amide bonds. The van der Waals surface area contributed by atoms with Crippen molar-refractivity contribution in [1.82, 2.24) is 9.97 Å². The van der Waals surface area contributed by atoms with Crippen molar-refractivity contribution in [3.05, 3.63) is 75.1 Å². The summed E-state index contributed by atoms with van der Waals surface area (Å²) in [5.41, 5.74) is 2.43. The Morgan fingerprint density at radius 2 is 1.58 bits per heavy atom. The molecule has 19 heavy (non-hydrogen) atoms. The maximum Gasteiger partial charge on any atom is 0.125 e. The number of allylic oxidation sites excluding steroid dienone is 1. The number of hydrogen-bond acceptors (Lipinski definition) is 4. The van der Waals surface area contributed by atoms with E-state index >= 15 is 0 Å². The molecule has 94 valence electrons. The summed E-state index contributed by atoms with van der Waals surface area (Å²) < 4.78 is 0. The molecule has 0 aliphatic carbocycles. The van der Waals surface area contributed by atoms with Gasteiger partial charge in [0.25, 0.3) is 0 Å². The van der Waals surface area contributed by atoms with Gasteiger partial charge in [-0.2, -0.15) is 0 Å². The largest absolute Gasteiger partial charge is 0.244 e. The normalized spacial score (nSPS) is 10.3. The average molecular weight is 284 g/mol. The quantitative estimate of drug-likeness (QED) is 0.715. The van der Waals surface area contributed by atoms with Gasteiger partial charge in [0.05, 0.1) is 0 Å². The lowest BCUT2D eigenvalue weighted by Gasteiger charge is -2.01. The fourth-order valence-electron chi connectivity index (χ4n) is 1.81. The summed E-state index contributed by atoms with van der Waals surface area (Å²) >= 11 is 3.30. The first kappa shape index (κ1) is 12.3. The Hall–Kier alpha value is -1.78. The lowest BCUT2D eigenvalue weighted by Crippen LogP contribution is -1.88. The van der Waals surface area contributed by atoms with Crippen LogP contribution >= 0.6 is 22.7 Å². The van der Waals surface area contributed by atoms with Gasteiger partial charge in [0, 0.05) is 28.7 Å². The summed E-state index contributed by atoms with van der Waals surface area (Å²) in [5.74, 6) is 0. The van der Waals surface area contributed by atoms with Crippen LogP contribution in [0.1, 0.15) is 15.6 Å². The predicted octanol–water partition coefficient (Wildman–Crippen LogP) is 4.27. The van der Waals surface area contributed by atoms with Crippen LogP contribution in [-0.2, 0) is 6.42 Å². The standard InChI is InChI=1S/C15H12N2S2/c1-2-4-12(5-3-1)6-7-13(14-16-8-10-18-14)15-17-9-11-19-15/h1-5,7-11H,6H2. The topological polar surface area (TPSA) is 25.8 Å². The van der Waals surface area contributed by atoms with Gasteiger partial charge in [-0.25, -0.2) is 9.97 Å². The Morgan fingerprint density at radius 3 is 2.11 bits per heavy atom. The van der Waals surface area contributed by atoms with Crippen LogP contribution in [0.3, 0.4) is 0 Å². The van der Waals surface area contributed by atoms with Crippen molar-refractivity contribution >= 4 is 28.2 Å². The minimum atomic E-state index is 0.898. The molecule has 0 bridgehead atoms. The van der Waals surface area contributed by atoms with Crippen molar-refractivity contribution in [2.45, 2.75) is 6.42 Å². The molecule has 3 aromatic rings. The Bertz CT molecular complexity index is 605. The number of thiazole rings is 2. The van der Waals surface area contributed by atoms with Gasteiger partial charge in [-0.15, -0.1) is 22.7 Å². The molecule has 0 fully saturated rings. The van der Waals surface area contributed by atoms with Crippen LogP contribution in [0.25, 0.3) is 5.57 Å². The molecule has 4 heteroatoms. The molecule has 2 heterocycles. The third-order valence-electron chi connectivity index (χ3n) is 2.71. The fourth-order valence-corrected chi connectivity index (χ4v) is 3.24. The number of benzene rings is 1. The van der Waals surface area contributed by atoms with E-state index in [0.29, 0.717) is 0 Å². The zero-order chi connectivity index (χ0) is 12.9. The first-order valence-electron chi connectivity index (χ1n) is 5.97. The summed E-state index contributed by atoms with van der Waals surface area (Å²) in [4.78, 5) is 8.80. The molecular weight excluding hydrogens is 272 g/mol. The lowest BCUT2D eigenvalue weighted by molar-refractivity contribution is 1.25. The molecule has 0 spiro atoms. The third-order valence-corrected chi connectivity index (χ3v) is 4.32. The van der Waals surface area contributed by atoms with Crippen molar-refractivity contribution in [3.8, 4) is 0 Å². The van der Waals surface area contributed by atoms with E-state index in [1.165, 1.54) is 5.56 Å². The van der Waals surface area contributed by atoms with Crippen LogP contribution in [0.15, 0.2) is 59.6 Å². The molecule has 0 aliphatic rings. The summed E-state index contributed by atoms with van der Waals surface area (Å²) in [5, 5.41) is 6.07. The number of rotatable bonds is 4. The highest BCUT2D eigenvalue weighted by Gasteiger charge is 2.09. The minimum Gasteiger partial charge on any atom is -0.244 e. The van der Waals surface area contributed by atoms with E-state index in [-0.39, 0.29) is 0 Å². The highest BCUT2D eigenvalue weighted by molar-refractivity contribution is 7.13. The maximum absolute atomic E-state index is 4.40. The van der Waals surface area contributed by atoms with Crippen LogP contribution in [0.4, 0.5) is 0 Å². The van der Waals surface area contributed by atoms with E-state index in [4.69, 9.17) is 0 Å². The molecule has 1 aromatic carbocycles. The molecule has 0 unspecified atom stereocenters. The van der Waals surface area contributed by atoms with E-state index in [2.05, 4.69) is 40.3 Å². The van der Waals surface area contributed by atoms with E-state index < -0.39 is 0 Å². The van der Waals surface area contributed by atoms with Crippen LogP contribution in [0.2, 0.25) is 0 Å². The number of nitrogens with zero attached hydrogens (tertiary/aromatic N) is 2. The molecular formula is C15H12N2S2. The average Bonchev–Trinajstić information content (AvgIpc) is 3.13. The zero-order valence-electron chi connectivity index (χ0n) is 10.2. The molecule has 0 saturated carbocycles. The summed E-state index contributed by atoms with van der Waals surface area (Å²) in [6.45, 7) is 0. The van der Waals surface area contributed by atoms with Crippen LogP contribution in [0.5, 0.6) is 0 Å². The summed E-state index contributed by atoms with van der Waals surface area (Å²) in [7, 11) is 0. The first-order valence-corrected chi connectivity index (χ1v) is 7.73. The fraction of sp³-hybridized carbons (Fsp3) is 0.0667. The second-order valence-corrected chi connectivity index (χ2v) is 5.77. The zero-order valence-corrected chi connectivity index (χ0v) is 11.8. The van der Waals surface area contributed by atoms with Crippen molar-refractivity contribution in [3.63, 3.8) is 0 Å². The van der Waals surface area contributed by atoms with Crippen molar-refractivity contribution in [2.24, 2.45) is 0 Å². The molecule has 0 saturated heterocycles. The Kier molecular flexibility index (Phi) is 3.81. The lowest BCUT2D eigenvalue weighted by atomic mass is 10.1. The molecule has 0 atom stereocenters. The molecule has 0 radical (unpaired) electrons. The van der Waals surface area contributed by atoms with Crippen LogP contribution < -0.4 is 0 Å². The van der Waals surface area contributed by atoms with Gasteiger partial charge in [0.15, 0.2) is 0 Å². The van der Waals surface area contributed by atoms with Gasteiger partial charge in [-0.1, -0.05) is 36.4 Å². The smallest absolute Gasteiger partial charge is 0.125 e. The number of aromatic nitrogens is 2. The van der Waals surface area contributed by atoms with Gasteiger partial charge in [-0.3, -0.25) is 0 Å². The Morgan fingerprint density at radius 1 is 0.947 bits per heavy atom. The van der Waals surface area contributed by atoms with E-state index in [1.54, 1.807) is 22.7 Å². The minimum absolute atomic E-state index is 0.898. The van der Waals surface area contributed by atoms with Crippen LogP contribution in [0, 0.1) is 0 Å². The van der Waals surface area contributed by atoms with Gasteiger partial charge < -0.3 is 0 Å².